The van der Waals surface area contributed by atoms with E-state index in [2.05, 4.69) is 24.1 Å². The molecule has 0 saturated heterocycles. The first-order valence-corrected chi connectivity index (χ1v) is 6.38. The lowest BCUT2D eigenvalue weighted by atomic mass is 10.1. The second kappa shape index (κ2) is 7.01. The van der Waals surface area contributed by atoms with Crippen molar-refractivity contribution in [2.75, 3.05) is 26.2 Å². The number of carbonyl (C=O) groups excluding carboxylic acids is 1. The molecule has 1 aromatic rings. The van der Waals surface area contributed by atoms with Crippen molar-refractivity contribution in [3.8, 4) is 5.75 Å². The molecular formula is C14H22N2O2. The molecule has 0 aliphatic heterocycles. The first kappa shape index (κ1) is 14.5. The highest BCUT2D eigenvalue weighted by atomic mass is 16.3. The van der Waals surface area contributed by atoms with Gasteiger partial charge in [0.05, 0.1) is 0 Å². The SMILES string of the molecule is CCN(CC)CCNC(=O)c1ccc(C)c(O)c1. The molecule has 0 spiro atoms. The first-order valence-electron chi connectivity index (χ1n) is 6.38. The average molecular weight is 250 g/mol. The van der Waals surface area contributed by atoms with Crippen LogP contribution < -0.4 is 5.32 Å². The number of hydrogen-bond acceptors (Lipinski definition) is 3. The summed E-state index contributed by atoms with van der Waals surface area (Å²) < 4.78 is 0. The zero-order valence-electron chi connectivity index (χ0n) is 11.4. The van der Waals surface area contributed by atoms with Crippen molar-refractivity contribution in [2.24, 2.45) is 0 Å². The average Bonchev–Trinajstić information content (AvgIpc) is 2.37. The van der Waals surface area contributed by atoms with Gasteiger partial charge in [-0.1, -0.05) is 19.9 Å². The number of amides is 1. The van der Waals surface area contributed by atoms with Crippen molar-refractivity contribution in [1.82, 2.24) is 10.2 Å². The molecule has 18 heavy (non-hydrogen) atoms. The summed E-state index contributed by atoms with van der Waals surface area (Å²) in [7, 11) is 0. The summed E-state index contributed by atoms with van der Waals surface area (Å²) in [6.45, 7) is 9.44. The van der Waals surface area contributed by atoms with Crippen molar-refractivity contribution in [3.63, 3.8) is 0 Å². The molecule has 2 N–H and O–H groups in total. The predicted molar refractivity (Wildman–Crippen MR) is 73.0 cm³/mol. The van der Waals surface area contributed by atoms with Crippen LogP contribution in [0.3, 0.4) is 0 Å². The van der Waals surface area contributed by atoms with Gasteiger partial charge in [0.15, 0.2) is 0 Å². The van der Waals surface area contributed by atoms with Gasteiger partial charge >= 0.3 is 0 Å². The molecule has 4 heteroatoms. The number of rotatable bonds is 6. The standard InChI is InChI=1S/C14H22N2O2/c1-4-16(5-2)9-8-15-14(18)12-7-6-11(3)13(17)10-12/h6-7,10,17H,4-5,8-9H2,1-3H3,(H,15,18). The van der Waals surface area contributed by atoms with Gasteiger partial charge in [0.2, 0.25) is 0 Å². The largest absolute Gasteiger partial charge is 0.508 e. The number of likely N-dealkylation sites (N-methyl/N-ethyl adjacent to an activating group) is 1. The molecular weight excluding hydrogens is 228 g/mol. The summed E-state index contributed by atoms with van der Waals surface area (Å²) in [5.41, 5.74) is 1.27. The van der Waals surface area contributed by atoms with Gasteiger partial charge in [0.1, 0.15) is 5.75 Å². The van der Waals surface area contributed by atoms with Crippen LogP contribution in [0.15, 0.2) is 18.2 Å². The van der Waals surface area contributed by atoms with E-state index in [1.165, 1.54) is 6.07 Å². The van der Waals surface area contributed by atoms with Crippen LogP contribution in [0, 0.1) is 6.92 Å². The fraction of sp³-hybridized carbons (Fsp3) is 0.500. The Morgan fingerprint density at radius 2 is 2.00 bits per heavy atom. The highest BCUT2D eigenvalue weighted by Crippen LogP contribution is 2.17. The van der Waals surface area contributed by atoms with E-state index in [-0.39, 0.29) is 11.7 Å². The minimum atomic E-state index is -0.141. The van der Waals surface area contributed by atoms with Crippen LogP contribution in [-0.2, 0) is 0 Å². The third-order valence-corrected chi connectivity index (χ3v) is 3.08. The monoisotopic (exact) mass is 250 g/mol. The van der Waals surface area contributed by atoms with Crippen LogP contribution in [0.4, 0.5) is 0 Å². The molecule has 0 bridgehead atoms. The van der Waals surface area contributed by atoms with Crippen LogP contribution in [0.5, 0.6) is 5.75 Å². The van der Waals surface area contributed by atoms with Gasteiger partial charge in [-0.05, 0) is 37.7 Å². The van der Waals surface area contributed by atoms with Gasteiger partial charge < -0.3 is 15.3 Å². The highest BCUT2D eigenvalue weighted by molar-refractivity contribution is 5.94. The molecule has 1 aromatic carbocycles. The van der Waals surface area contributed by atoms with Gasteiger partial charge in [-0.2, -0.15) is 0 Å². The lowest BCUT2D eigenvalue weighted by molar-refractivity contribution is 0.0948. The quantitative estimate of drug-likeness (QED) is 0.809. The lowest BCUT2D eigenvalue weighted by Crippen LogP contribution is -2.34. The summed E-state index contributed by atoms with van der Waals surface area (Å²) in [6.07, 6.45) is 0. The molecule has 0 aliphatic rings. The van der Waals surface area contributed by atoms with Crippen LogP contribution in [0.25, 0.3) is 0 Å². The number of benzene rings is 1. The second-order valence-corrected chi connectivity index (χ2v) is 4.28. The molecule has 0 radical (unpaired) electrons. The van der Waals surface area contributed by atoms with E-state index in [1.807, 2.05) is 0 Å². The molecule has 1 rings (SSSR count). The maximum atomic E-state index is 11.8. The van der Waals surface area contributed by atoms with Crippen molar-refractivity contribution < 1.29 is 9.90 Å². The first-order chi connectivity index (χ1) is 8.58. The van der Waals surface area contributed by atoms with Crippen molar-refractivity contribution in [3.05, 3.63) is 29.3 Å². The van der Waals surface area contributed by atoms with E-state index in [1.54, 1.807) is 19.1 Å². The van der Waals surface area contributed by atoms with E-state index in [9.17, 15) is 9.90 Å². The summed E-state index contributed by atoms with van der Waals surface area (Å²) >= 11 is 0. The Morgan fingerprint density at radius 3 is 2.56 bits per heavy atom. The molecule has 0 heterocycles. The smallest absolute Gasteiger partial charge is 0.251 e. The minimum Gasteiger partial charge on any atom is -0.508 e. The fourth-order valence-electron chi connectivity index (χ4n) is 1.72. The lowest BCUT2D eigenvalue weighted by Gasteiger charge is -2.18. The third kappa shape index (κ3) is 4.04. The maximum absolute atomic E-state index is 11.8. The summed E-state index contributed by atoms with van der Waals surface area (Å²) in [5, 5.41) is 12.4. The van der Waals surface area contributed by atoms with Crippen molar-refractivity contribution in [1.29, 1.82) is 0 Å². The van der Waals surface area contributed by atoms with E-state index in [0.717, 1.165) is 25.2 Å². The highest BCUT2D eigenvalue weighted by Gasteiger charge is 2.07. The minimum absolute atomic E-state index is 0.141. The number of aromatic hydroxyl groups is 1. The van der Waals surface area contributed by atoms with Crippen molar-refractivity contribution in [2.45, 2.75) is 20.8 Å². The van der Waals surface area contributed by atoms with Crippen LogP contribution >= 0.6 is 0 Å². The van der Waals surface area contributed by atoms with Crippen molar-refractivity contribution >= 4 is 5.91 Å². The number of nitrogens with one attached hydrogen (secondary N) is 1. The Labute approximate surface area is 109 Å². The van der Waals surface area contributed by atoms with Gasteiger partial charge in [0, 0.05) is 18.7 Å². The molecule has 1 amide bonds. The molecule has 100 valence electrons. The number of nitrogens with zero attached hydrogens (tertiary/aromatic N) is 1. The topological polar surface area (TPSA) is 52.6 Å². The fourth-order valence-corrected chi connectivity index (χ4v) is 1.72. The van der Waals surface area contributed by atoms with Crippen LogP contribution in [-0.4, -0.2) is 42.1 Å². The number of phenols is 1. The number of carbonyl (C=O) groups is 1. The van der Waals surface area contributed by atoms with E-state index in [0.29, 0.717) is 12.1 Å². The predicted octanol–water partition coefficient (Wildman–Crippen LogP) is 1.77. The maximum Gasteiger partial charge on any atom is 0.251 e. The normalized spacial score (nSPS) is 10.7. The Morgan fingerprint density at radius 1 is 1.33 bits per heavy atom. The van der Waals surface area contributed by atoms with E-state index >= 15 is 0 Å². The molecule has 0 fully saturated rings. The number of hydrogen-bond donors (Lipinski definition) is 2. The van der Waals surface area contributed by atoms with Gasteiger partial charge in [-0.15, -0.1) is 0 Å². The number of aryl methyl sites for hydroxylation is 1. The van der Waals surface area contributed by atoms with Gasteiger partial charge in [0.25, 0.3) is 5.91 Å². The summed E-state index contributed by atoms with van der Waals surface area (Å²) in [6, 6.07) is 4.97. The Balaban J connectivity index is 2.48. The Bertz CT molecular complexity index is 401. The molecule has 0 saturated carbocycles. The van der Waals surface area contributed by atoms with Gasteiger partial charge in [-0.25, -0.2) is 0 Å². The Hall–Kier alpha value is -1.55. The Kier molecular flexibility index (Phi) is 5.65. The molecule has 0 aliphatic carbocycles. The van der Waals surface area contributed by atoms with E-state index < -0.39 is 0 Å². The second-order valence-electron chi connectivity index (χ2n) is 4.28. The van der Waals surface area contributed by atoms with Gasteiger partial charge in [-0.3, -0.25) is 4.79 Å². The summed E-state index contributed by atoms with van der Waals surface area (Å²) in [4.78, 5) is 14.1. The zero-order chi connectivity index (χ0) is 13.5. The molecule has 0 atom stereocenters. The third-order valence-electron chi connectivity index (χ3n) is 3.08. The number of phenolic OH excluding ortho intramolecular Hbond substituents is 1. The van der Waals surface area contributed by atoms with Crippen LogP contribution in [0.1, 0.15) is 29.8 Å². The molecule has 0 aromatic heterocycles. The molecule has 0 unspecified atom stereocenters. The van der Waals surface area contributed by atoms with Crippen LogP contribution in [0.2, 0.25) is 0 Å². The van der Waals surface area contributed by atoms with E-state index in [4.69, 9.17) is 0 Å². The summed E-state index contributed by atoms with van der Waals surface area (Å²) in [5.74, 6) is 0.0175. The molecule has 4 nitrogen and oxygen atoms in total. The zero-order valence-corrected chi connectivity index (χ0v) is 11.4.